The average Bonchev–Trinajstić information content (AvgIpc) is 2.34. The van der Waals surface area contributed by atoms with Crippen molar-refractivity contribution < 1.29 is 18.7 Å². The van der Waals surface area contributed by atoms with E-state index in [0.717, 1.165) is 6.07 Å². The summed E-state index contributed by atoms with van der Waals surface area (Å²) in [6, 6.07) is 3.21. The van der Waals surface area contributed by atoms with Crippen LogP contribution < -0.4 is 5.32 Å². The molecule has 0 aliphatic carbocycles. The number of carbonyl (C=O) groups is 1. The molecule has 1 aliphatic heterocycles. The van der Waals surface area contributed by atoms with Crippen LogP contribution >= 0.6 is 0 Å². The lowest BCUT2D eigenvalue weighted by atomic mass is 9.84. The minimum Gasteiger partial charge on any atom is -0.394 e. The Bertz CT molecular complexity index is 532. The van der Waals surface area contributed by atoms with E-state index >= 15 is 0 Å². The van der Waals surface area contributed by atoms with E-state index < -0.39 is 22.7 Å². The second-order valence-electron chi connectivity index (χ2n) is 5.73. The molecule has 0 spiro atoms. The zero-order valence-electron chi connectivity index (χ0n) is 11.7. The van der Waals surface area contributed by atoms with Gasteiger partial charge in [0.2, 0.25) is 5.91 Å². The van der Waals surface area contributed by atoms with Gasteiger partial charge in [-0.05, 0) is 38.6 Å². The molecule has 2 rings (SSSR count). The number of amides is 1. The Morgan fingerprint density at radius 2 is 1.85 bits per heavy atom. The van der Waals surface area contributed by atoms with Crippen LogP contribution in [0.15, 0.2) is 18.2 Å². The summed E-state index contributed by atoms with van der Waals surface area (Å²) in [7, 11) is 1.70. The van der Waals surface area contributed by atoms with Crippen LogP contribution in [0.1, 0.15) is 19.4 Å². The predicted octanol–water partition coefficient (Wildman–Crippen LogP) is 0.993. The summed E-state index contributed by atoms with van der Waals surface area (Å²) in [5.41, 5.74) is -1.59. The van der Waals surface area contributed by atoms with E-state index in [1.54, 1.807) is 25.8 Å². The summed E-state index contributed by atoms with van der Waals surface area (Å²) < 4.78 is 26.7. The summed E-state index contributed by atoms with van der Waals surface area (Å²) in [5, 5.41) is 12.2. The number of likely N-dealkylation sites (N-methyl/N-ethyl adjacent to an activating group) is 1. The molecule has 0 radical (unpaired) electrons. The van der Waals surface area contributed by atoms with E-state index in [1.807, 2.05) is 0 Å². The molecule has 1 saturated heterocycles. The van der Waals surface area contributed by atoms with Crippen LogP contribution in [0.25, 0.3) is 0 Å². The van der Waals surface area contributed by atoms with Crippen LogP contribution in [0, 0.1) is 11.6 Å². The fraction of sp³-hybridized carbons (Fsp3) is 0.500. The maximum Gasteiger partial charge on any atom is 0.243 e. The Balaban J connectivity index is 2.40. The van der Waals surface area contributed by atoms with Crippen molar-refractivity contribution in [3.05, 3.63) is 35.4 Å². The third-order valence-corrected chi connectivity index (χ3v) is 4.08. The van der Waals surface area contributed by atoms with Gasteiger partial charge in [-0.2, -0.15) is 0 Å². The van der Waals surface area contributed by atoms with E-state index in [9.17, 15) is 18.7 Å². The van der Waals surface area contributed by atoms with Gasteiger partial charge in [-0.15, -0.1) is 0 Å². The molecule has 2 N–H and O–H groups in total. The normalized spacial score (nSPS) is 31.2. The highest BCUT2D eigenvalue weighted by atomic mass is 19.1. The van der Waals surface area contributed by atoms with Crippen LogP contribution in [0.2, 0.25) is 0 Å². The standard InChI is InChI=1S/C14H18F2N2O2/c1-13(9-4-10(15)6-11(16)5-9)7-18(3)14(2,8-19)12(20)17-13/h4-6,19H,7-8H2,1-3H3,(H,17,20)/t13-,14+/m0/s1. The number of aliphatic hydroxyl groups excluding tert-OH is 1. The summed E-state index contributed by atoms with van der Waals surface area (Å²) in [4.78, 5) is 13.9. The molecule has 20 heavy (non-hydrogen) atoms. The Morgan fingerprint density at radius 3 is 2.30 bits per heavy atom. The van der Waals surface area contributed by atoms with Crippen molar-refractivity contribution in [1.82, 2.24) is 10.2 Å². The van der Waals surface area contributed by atoms with Crippen LogP contribution in [0.4, 0.5) is 8.78 Å². The SMILES string of the molecule is CN1C[C@@](C)(c2cc(F)cc(F)c2)NC(=O)[C@@]1(C)CO. The largest absolute Gasteiger partial charge is 0.394 e. The molecule has 0 bridgehead atoms. The summed E-state index contributed by atoms with van der Waals surface area (Å²) in [5.74, 6) is -1.75. The van der Waals surface area contributed by atoms with Gasteiger partial charge in [0, 0.05) is 12.6 Å². The fourth-order valence-electron chi connectivity index (χ4n) is 2.48. The number of hydrogen-bond acceptors (Lipinski definition) is 3. The molecular formula is C14H18F2N2O2. The fourth-order valence-corrected chi connectivity index (χ4v) is 2.48. The average molecular weight is 284 g/mol. The van der Waals surface area contributed by atoms with Crippen molar-refractivity contribution in [2.45, 2.75) is 24.9 Å². The van der Waals surface area contributed by atoms with Gasteiger partial charge in [0.1, 0.15) is 17.2 Å². The molecule has 0 saturated carbocycles. The number of hydrogen-bond donors (Lipinski definition) is 2. The highest BCUT2D eigenvalue weighted by molar-refractivity contribution is 5.87. The van der Waals surface area contributed by atoms with Crippen molar-refractivity contribution in [1.29, 1.82) is 0 Å². The van der Waals surface area contributed by atoms with Gasteiger partial charge in [-0.1, -0.05) is 0 Å². The summed E-state index contributed by atoms with van der Waals surface area (Å²) >= 11 is 0. The molecule has 2 atom stereocenters. The number of rotatable bonds is 2. The molecule has 1 aliphatic rings. The van der Waals surface area contributed by atoms with Gasteiger partial charge in [0.25, 0.3) is 0 Å². The van der Waals surface area contributed by atoms with E-state index in [4.69, 9.17) is 0 Å². The number of nitrogens with zero attached hydrogens (tertiary/aromatic N) is 1. The van der Waals surface area contributed by atoms with Crippen molar-refractivity contribution in [3.8, 4) is 0 Å². The maximum absolute atomic E-state index is 13.4. The quantitative estimate of drug-likeness (QED) is 0.851. The topological polar surface area (TPSA) is 52.6 Å². The summed E-state index contributed by atoms with van der Waals surface area (Å²) in [6.45, 7) is 3.32. The smallest absolute Gasteiger partial charge is 0.243 e. The Morgan fingerprint density at radius 1 is 1.30 bits per heavy atom. The van der Waals surface area contributed by atoms with Gasteiger partial charge in [-0.25, -0.2) is 8.78 Å². The van der Waals surface area contributed by atoms with E-state index in [0.29, 0.717) is 12.1 Å². The van der Waals surface area contributed by atoms with Gasteiger partial charge in [-0.3, -0.25) is 9.69 Å². The van der Waals surface area contributed by atoms with E-state index in [-0.39, 0.29) is 12.5 Å². The van der Waals surface area contributed by atoms with Crippen molar-refractivity contribution in [3.63, 3.8) is 0 Å². The molecule has 0 unspecified atom stereocenters. The molecule has 0 aromatic heterocycles. The first kappa shape index (κ1) is 14.9. The number of carbonyl (C=O) groups excluding carboxylic acids is 1. The first-order chi connectivity index (χ1) is 9.21. The third kappa shape index (κ3) is 2.29. The maximum atomic E-state index is 13.4. The van der Waals surface area contributed by atoms with Crippen LogP contribution in [-0.2, 0) is 10.3 Å². The number of nitrogens with one attached hydrogen (secondary N) is 1. The Kier molecular flexibility index (Phi) is 3.56. The van der Waals surface area contributed by atoms with Gasteiger partial charge >= 0.3 is 0 Å². The zero-order chi connectivity index (χ0) is 15.1. The molecule has 1 aromatic carbocycles. The zero-order valence-corrected chi connectivity index (χ0v) is 11.7. The second kappa shape index (κ2) is 4.79. The number of halogens is 2. The molecule has 1 heterocycles. The number of piperazine rings is 1. The monoisotopic (exact) mass is 284 g/mol. The molecule has 4 nitrogen and oxygen atoms in total. The summed E-state index contributed by atoms with van der Waals surface area (Å²) in [6.07, 6.45) is 0. The molecule has 1 fully saturated rings. The van der Waals surface area contributed by atoms with Crippen molar-refractivity contribution >= 4 is 5.91 Å². The molecule has 1 amide bonds. The Hall–Kier alpha value is -1.53. The molecule has 1 aromatic rings. The second-order valence-corrected chi connectivity index (χ2v) is 5.73. The van der Waals surface area contributed by atoms with Crippen LogP contribution in [-0.4, -0.2) is 41.7 Å². The van der Waals surface area contributed by atoms with Crippen molar-refractivity contribution in [2.75, 3.05) is 20.2 Å². The lowest BCUT2D eigenvalue weighted by Crippen LogP contribution is -2.70. The van der Waals surface area contributed by atoms with Gasteiger partial charge < -0.3 is 10.4 Å². The lowest BCUT2D eigenvalue weighted by Gasteiger charge is -2.48. The number of aliphatic hydroxyl groups is 1. The highest BCUT2D eigenvalue weighted by Gasteiger charge is 2.48. The van der Waals surface area contributed by atoms with Gasteiger partial charge in [0.05, 0.1) is 12.1 Å². The van der Waals surface area contributed by atoms with Gasteiger partial charge in [0.15, 0.2) is 0 Å². The lowest BCUT2D eigenvalue weighted by molar-refractivity contribution is -0.143. The first-order valence-corrected chi connectivity index (χ1v) is 6.32. The van der Waals surface area contributed by atoms with Crippen LogP contribution in [0.3, 0.4) is 0 Å². The molecular weight excluding hydrogens is 266 g/mol. The first-order valence-electron chi connectivity index (χ1n) is 6.32. The predicted molar refractivity (Wildman–Crippen MR) is 70.0 cm³/mol. The third-order valence-electron chi connectivity index (χ3n) is 4.08. The minimum atomic E-state index is -1.04. The number of benzene rings is 1. The molecule has 110 valence electrons. The molecule has 6 heteroatoms. The highest BCUT2D eigenvalue weighted by Crippen LogP contribution is 2.31. The van der Waals surface area contributed by atoms with Crippen LogP contribution in [0.5, 0.6) is 0 Å². The minimum absolute atomic E-state index is 0.330. The van der Waals surface area contributed by atoms with E-state index in [2.05, 4.69) is 5.32 Å². The Labute approximate surface area is 116 Å². The van der Waals surface area contributed by atoms with Crippen molar-refractivity contribution in [2.24, 2.45) is 0 Å². The van der Waals surface area contributed by atoms with E-state index in [1.165, 1.54) is 12.1 Å².